The number of carbonyl (C=O) groups is 2. The van der Waals surface area contributed by atoms with Gasteiger partial charge >= 0.3 is 6.09 Å². The summed E-state index contributed by atoms with van der Waals surface area (Å²) in [5.41, 5.74) is -0.560. The summed E-state index contributed by atoms with van der Waals surface area (Å²) in [4.78, 5) is 27.6. The van der Waals surface area contributed by atoms with Crippen LogP contribution in [0.3, 0.4) is 0 Å². The predicted octanol–water partition coefficient (Wildman–Crippen LogP) is 1.49. The molecule has 0 spiro atoms. The van der Waals surface area contributed by atoms with Gasteiger partial charge in [0.1, 0.15) is 5.75 Å². The van der Waals surface area contributed by atoms with Crippen LogP contribution in [-0.4, -0.2) is 73.4 Å². The van der Waals surface area contributed by atoms with E-state index in [0.717, 1.165) is 44.7 Å². The molecule has 1 atom stereocenters. The first-order valence-electron chi connectivity index (χ1n) is 10.7. The Morgan fingerprint density at radius 1 is 1.17 bits per heavy atom. The van der Waals surface area contributed by atoms with Crippen LogP contribution in [0.4, 0.5) is 4.79 Å². The van der Waals surface area contributed by atoms with Crippen LogP contribution in [0.5, 0.6) is 5.75 Å². The summed E-state index contributed by atoms with van der Waals surface area (Å²) in [6.45, 7) is 11.3. The number of piperazine rings is 1. The van der Waals surface area contributed by atoms with Gasteiger partial charge < -0.3 is 25.8 Å². The molecule has 0 aliphatic carbocycles. The molecule has 30 heavy (non-hydrogen) atoms. The number of phenols is 1. The van der Waals surface area contributed by atoms with Gasteiger partial charge in [-0.05, 0) is 37.0 Å². The highest BCUT2D eigenvalue weighted by atomic mass is 16.6. The van der Waals surface area contributed by atoms with Gasteiger partial charge in [-0.1, -0.05) is 26.0 Å². The van der Waals surface area contributed by atoms with Gasteiger partial charge in [-0.2, -0.15) is 0 Å². The van der Waals surface area contributed by atoms with Crippen molar-refractivity contribution >= 4 is 12.0 Å². The van der Waals surface area contributed by atoms with E-state index >= 15 is 0 Å². The molecule has 2 rings (SSSR count). The molecular formula is C22H36N4O4. The summed E-state index contributed by atoms with van der Waals surface area (Å²) in [6, 6.07) is 6.56. The van der Waals surface area contributed by atoms with E-state index in [4.69, 9.17) is 4.74 Å². The molecule has 0 aromatic heterocycles. The van der Waals surface area contributed by atoms with E-state index in [1.807, 2.05) is 0 Å². The Hall–Kier alpha value is -2.32. The van der Waals surface area contributed by atoms with Gasteiger partial charge in [0.25, 0.3) is 5.91 Å². The van der Waals surface area contributed by atoms with E-state index in [1.165, 1.54) is 0 Å². The number of rotatable bonds is 10. The Labute approximate surface area is 179 Å². The number of phenolic OH excluding ortho intramolecular Hbond substituents is 1. The van der Waals surface area contributed by atoms with Crippen molar-refractivity contribution in [1.82, 2.24) is 20.9 Å². The van der Waals surface area contributed by atoms with Crippen LogP contribution in [0.1, 0.15) is 32.8 Å². The van der Waals surface area contributed by atoms with Crippen LogP contribution in [-0.2, 0) is 16.0 Å². The fourth-order valence-corrected chi connectivity index (χ4v) is 3.32. The summed E-state index contributed by atoms with van der Waals surface area (Å²) in [7, 11) is 0. The fourth-order valence-electron chi connectivity index (χ4n) is 3.32. The maximum absolute atomic E-state index is 12.9. The number of aromatic hydroxyl groups is 1. The first-order valence-corrected chi connectivity index (χ1v) is 10.7. The zero-order chi connectivity index (χ0) is 22.0. The lowest BCUT2D eigenvalue weighted by Gasteiger charge is -2.30. The molecule has 0 unspecified atom stereocenters. The van der Waals surface area contributed by atoms with Crippen molar-refractivity contribution in [3.63, 3.8) is 0 Å². The second kappa shape index (κ2) is 11.8. The van der Waals surface area contributed by atoms with E-state index in [9.17, 15) is 14.7 Å². The normalized spacial score (nSPS) is 16.7. The highest BCUT2D eigenvalue weighted by molar-refractivity contribution is 5.87. The highest BCUT2D eigenvalue weighted by Gasteiger charge is 2.37. The Bertz CT molecular complexity index is 674. The van der Waals surface area contributed by atoms with Crippen molar-refractivity contribution in [3.05, 3.63) is 29.8 Å². The lowest BCUT2D eigenvalue weighted by Crippen LogP contribution is -2.52. The number of nitrogens with one attached hydrogen (secondary N) is 3. The molecule has 1 saturated heterocycles. The van der Waals surface area contributed by atoms with Crippen LogP contribution < -0.4 is 16.0 Å². The Kier molecular flexibility index (Phi) is 9.39. The molecule has 1 aromatic carbocycles. The van der Waals surface area contributed by atoms with E-state index in [0.29, 0.717) is 19.0 Å². The zero-order valence-electron chi connectivity index (χ0n) is 18.4. The SMILES string of the molecule is CC(C)CCNC(=O)[C@](C)(Cc1ccc(O)cc1)OC(=O)NCCN1CCNCC1. The van der Waals surface area contributed by atoms with Gasteiger partial charge in [-0.15, -0.1) is 0 Å². The van der Waals surface area contributed by atoms with Crippen molar-refractivity contribution in [2.45, 2.75) is 39.2 Å². The van der Waals surface area contributed by atoms with E-state index in [2.05, 4.69) is 34.7 Å². The summed E-state index contributed by atoms with van der Waals surface area (Å²) >= 11 is 0. The summed E-state index contributed by atoms with van der Waals surface area (Å²) in [5, 5.41) is 18.5. The first kappa shape index (κ1) is 24.0. The second-order valence-corrected chi connectivity index (χ2v) is 8.42. The number of hydrogen-bond acceptors (Lipinski definition) is 6. The second-order valence-electron chi connectivity index (χ2n) is 8.42. The molecule has 1 aliphatic rings. The Balaban J connectivity index is 1.95. The molecule has 8 nitrogen and oxygen atoms in total. The average Bonchev–Trinajstić information content (AvgIpc) is 2.70. The van der Waals surface area contributed by atoms with E-state index in [-0.39, 0.29) is 18.1 Å². The molecule has 0 radical (unpaired) electrons. The third-order valence-electron chi connectivity index (χ3n) is 5.19. The molecule has 0 saturated carbocycles. The minimum atomic E-state index is -1.35. The van der Waals surface area contributed by atoms with Crippen LogP contribution in [0.25, 0.3) is 0 Å². The number of carbonyl (C=O) groups excluding carboxylic acids is 2. The molecule has 1 heterocycles. The molecule has 4 N–H and O–H groups in total. The number of alkyl carbamates (subject to hydrolysis) is 1. The van der Waals surface area contributed by atoms with Gasteiger partial charge in [0, 0.05) is 52.2 Å². The van der Waals surface area contributed by atoms with E-state index < -0.39 is 11.7 Å². The van der Waals surface area contributed by atoms with Gasteiger partial charge in [0.15, 0.2) is 5.60 Å². The monoisotopic (exact) mass is 420 g/mol. The summed E-state index contributed by atoms with van der Waals surface area (Å²) < 4.78 is 5.63. The number of amides is 2. The topological polar surface area (TPSA) is 103 Å². The van der Waals surface area contributed by atoms with Crippen LogP contribution in [0, 0.1) is 5.92 Å². The molecular weight excluding hydrogens is 384 g/mol. The number of ether oxygens (including phenoxy) is 1. The van der Waals surface area contributed by atoms with Crippen molar-refractivity contribution in [2.24, 2.45) is 5.92 Å². The van der Waals surface area contributed by atoms with Crippen molar-refractivity contribution < 1.29 is 19.4 Å². The van der Waals surface area contributed by atoms with Crippen molar-refractivity contribution in [2.75, 3.05) is 45.8 Å². The fraction of sp³-hybridized carbons (Fsp3) is 0.636. The quantitative estimate of drug-likeness (QED) is 0.457. The molecule has 2 amide bonds. The van der Waals surface area contributed by atoms with Gasteiger partial charge in [0.05, 0.1) is 0 Å². The average molecular weight is 421 g/mol. The smallest absolute Gasteiger partial charge is 0.408 e. The van der Waals surface area contributed by atoms with Gasteiger partial charge in [-0.3, -0.25) is 9.69 Å². The van der Waals surface area contributed by atoms with Crippen LogP contribution >= 0.6 is 0 Å². The summed E-state index contributed by atoms with van der Waals surface area (Å²) in [5.74, 6) is 0.282. The largest absolute Gasteiger partial charge is 0.508 e. The van der Waals surface area contributed by atoms with Crippen molar-refractivity contribution in [1.29, 1.82) is 0 Å². The van der Waals surface area contributed by atoms with Gasteiger partial charge in [-0.25, -0.2) is 4.79 Å². The summed E-state index contributed by atoms with van der Waals surface area (Å²) in [6.07, 6.45) is 0.453. The lowest BCUT2D eigenvalue weighted by molar-refractivity contribution is -0.138. The number of nitrogens with zero attached hydrogens (tertiary/aromatic N) is 1. The predicted molar refractivity (Wildman–Crippen MR) is 116 cm³/mol. The minimum Gasteiger partial charge on any atom is -0.508 e. The zero-order valence-corrected chi connectivity index (χ0v) is 18.4. The maximum atomic E-state index is 12.9. The van der Waals surface area contributed by atoms with Crippen LogP contribution in [0.2, 0.25) is 0 Å². The van der Waals surface area contributed by atoms with Crippen LogP contribution in [0.15, 0.2) is 24.3 Å². The molecule has 0 bridgehead atoms. The number of benzene rings is 1. The Morgan fingerprint density at radius 2 is 1.83 bits per heavy atom. The lowest BCUT2D eigenvalue weighted by atomic mass is 9.95. The third-order valence-corrected chi connectivity index (χ3v) is 5.19. The maximum Gasteiger partial charge on any atom is 0.408 e. The number of hydrogen-bond donors (Lipinski definition) is 4. The van der Waals surface area contributed by atoms with E-state index in [1.54, 1.807) is 31.2 Å². The molecule has 8 heteroatoms. The minimum absolute atomic E-state index is 0.147. The standard InChI is InChI=1S/C22H36N4O4/c1-17(2)8-9-24-20(28)22(3,16-18-4-6-19(27)7-5-18)30-21(29)25-12-15-26-13-10-23-11-14-26/h4-7,17,23,27H,8-16H2,1-3H3,(H,24,28)(H,25,29)/t22-/m0/s1. The third kappa shape index (κ3) is 8.20. The van der Waals surface area contributed by atoms with Crippen molar-refractivity contribution in [3.8, 4) is 5.75 Å². The highest BCUT2D eigenvalue weighted by Crippen LogP contribution is 2.21. The first-order chi connectivity index (χ1) is 14.3. The molecule has 1 fully saturated rings. The molecule has 168 valence electrons. The molecule has 1 aromatic rings. The Morgan fingerprint density at radius 3 is 2.47 bits per heavy atom. The van der Waals surface area contributed by atoms with Gasteiger partial charge in [0.2, 0.25) is 0 Å². The molecule has 1 aliphatic heterocycles.